The Bertz CT molecular complexity index is 509. The summed E-state index contributed by atoms with van der Waals surface area (Å²) in [6.45, 7) is 0.719. The number of nitrogens with two attached hydrogens (primary N) is 1. The zero-order valence-electron chi connectivity index (χ0n) is 11.4. The predicted octanol–water partition coefficient (Wildman–Crippen LogP) is 1.91. The number of benzene rings is 1. The van der Waals surface area contributed by atoms with Crippen molar-refractivity contribution in [3.63, 3.8) is 0 Å². The highest BCUT2D eigenvalue weighted by Crippen LogP contribution is 2.19. The number of rotatable bonds is 6. The molecule has 1 aromatic carbocycles. The monoisotopic (exact) mass is 260 g/mol. The fraction of sp³-hybridized carbons (Fsp3) is 0.429. The van der Waals surface area contributed by atoms with Crippen molar-refractivity contribution in [3.05, 3.63) is 36.2 Å². The van der Waals surface area contributed by atoms with Crippen LogP contribution in [0.15, 0.2) is 30.3 Å². The number of aryl methyl sites for hydroxylation is 1. The third-order valence-corrected chi connectivity index (χ3v) is 3.02. The zero-order chi connectivity index (χ0) is 13.7. The Morgan fingerprint density at radius 2 is 2.05 bits per heavy atom. The molecular formula is C14H20N4O. The highest BCUT2D eigenvalue weighted by molar-refractivity contribution is 5.54. The summed E-state index contributed by atoms with van der Waals surface area (Å²) in [5, 5.41) is 4.42. The van der Waals surface area contributed by atoms with Gasteiger partial charge in [-0.05, 0) is 12.8 Å². The second-order valence-corrected chi connectivity index (χ2v) is 4.52. The van der Waals surface area contributed by atoms with Crippen LogP contribution in [-0.2, 0) is 11.8 Å². The first-order valence-corrected chi connectivity index (χ1v) is 6.43. The summed E-state index contributed by atoms with van der Waals surface area (Å²) in [5.41, 5.74) is 7.16. The number of aromatic nitrogens is 3. The SMILES string of the molecule is COCCCC(N)c1nc(-c2ccccc2)nn1C. The number of nitrogens with zero attached hydrogens (tertiary/aromatic N) is 3. The molecule has 1 unspecified atom stereocenters. The van der Waals surface area contributed by atoms with Crippen molar-refractivity contribution in [2.24, 2.45) is 12.8 Å². The Balaban J connectivity index is 2.13. The second-order valence-electron chi connectivity index (χ2n) is 4.52. The van der Waals surface area contributed by atoms with Gasteiger partial charge < -0.3 is 10.5 Å². The van der Waals surface area contributed by atoms with E-state index in [1.54, 1.807) is 11.8 Å². The average Bonchev–Trinajstić information content (AvgIpc) is 2.82. The summed E-state index contributed by atoms with van der Waals surface area (Å²) in [5.74, 6) is 1.54. The van der Waals surface area contributed by atoms with Crippen molar-refractivity contribution in [3.8, 4) is 11.4 Å². The molecule has 0 amide bonds. The standard InChI is InChI=1S/C14H20N4O/c1-18-14(12(15)9-6-10-19-2)16-13(17-18)11-7-4-3-5-8-11/h3-5,7-8,12H,6,9-10,15H2,1-2H3. The van der Waals surface area contributed by atoms with Crippen LogP contribution in [0.4, 0.5) is 0 Å². The first kappa shape index (κ1) is 13.7. The van der Waals surface area contributed by atoms with Crippen molar-refractivity contribution < 1.29 is 4.74 Å². The lowest BCUT2D eigenvalue weighted by Gasteiger charge is -2.09. The molecule has 102 valence electrons. The largest absolute Gasteiger partial charge is 0.385 e. The Hall–Kier alpha value is -1.72. The second kappa shape index (κ2) is 6.45. The Morgan fingerprint density at radius 1 is 1.32 bits per heavy atom. The van der Waals surface area contributed by atoms with Crippen LogP contribution in [0.2, 0.25) is 0 Å². The number of methoxy groups -OCH3 is 1. The lowest BCUT2D eigenvalue weighted by atomic mass is 10.1. The Morgan fingerprint density at radius 3 is 2.74 bits per heavy atom. The minimum Gasteiger partial charge on any atom is -0.385 e. The minimum absolute atomic E-state index is 0.106. The van der Waals surface area contributed by atoms with Crippen LogP contribution in [0.1, 0.15) is 24.7 Å². The third-order valence-electron chi connectivity index (χ3n) is 3.02. The van der Waals surface area contributed by atoms with Crippen LogP contribution < -0.4 is 5.73 Å². The maximum absolute atomic E-state index is 6.15. The van der Waals surface area contributed by atoms with Crippen molar-refractivity contribution in [1.29, 1.82) is 0 Å². The van der Waals surface area contributed by atoms with Gasteiger partial charge >= 0.3 is 0 Å². The van der Waals surface area contributed by atoms with E-state index in [0.29, 0.717) is 0 Å². The topological polar surface area (TPSA) is 66.0 Å². The average molecular weight is 260 g/mol. The molecule has 0 bridgehead atoms. The summed E-state index contributed by atoms with van der Waals surface area (Å²) in [4.78, 5) is 4.54. The molecule has 2 aromatic rings. The van der Waals surface area contributed by atoms with Gasteiger partial charge in [-0.2, -0.15) is 5.10 Å². The molecule has 0 aliphatic carbocycles. The maximum atomic E-state index is 6.15. The van der Waals surface area contributed by atoms with Crippen molar-refractivity contribution in [1.82, 2.24) is 14.8 Å². The van der Waals surface area contributed by atoms with Gasteiger partial charge in [0.15, 0.2) is 5.82 Å². The van der Waals surface area contributed by atoms with Gasteiger partial charge in [0.05, 0.1) is 6.04 Å². The molecule has 0 saturated heterocycles. The van der Waals surface area contributed by atoms with Crippen LogP contribution in [0.25, 0.3) is 11.4 Å². The first-order chi connectivity index (χ1) is 9.22. The van der Waals surface area contributed by atoms with Gasteiger partial charge in [-0.25, -0.2) is 4.98 Å². The molecule has 2 rings (SSSR count). The zero-order valence-corrected chi connectivity index (χ0v) is 11.4. The van der Waals surface area contributed by atoms with Crippen LogP contribution in [0.3, 0.4) is 0 Å². The van der Waals surface area contributed by atoms with Crippen LogP contribution in [-0.4, -0.2) is 28.5 Å². The summed E-state index contributed by atoms with van der Waals surface area (Å²) >= 11 is 0. The number of ether oxygens (including phenoxy) is 1. The van der Waals surface area contributed by atoms with Gasteiger partial charge in [0.1, 0.15) is 5.82 Å². The molecule has 2 N–H and O–H groups in total. The van der Waals surface area contributed by atoms with E-state index < -0.39 is 0 Å². The maximum Gasteiger partial charge on any atom is 0.181 e. The molecule has 1 heterocycles. The van der Waals surface area contributed by atoms with E-state index >= 15 is 0 Å². The summed E-state index contributed by atoms with van der Waals surface area (Å²) < 4.78 is 6.80. The van der Waals surface area contributed by atoms with Crippen LogP contribution >= 0.6 is 0 Å². The fourth-order valence-corrected chi connectivity index (χ4v) is 2.01. The molecule has 0 radical (unpaired) electrons. The number of hydrogen-bond acceptors (Lipinski definition) is 4. The Kier molecular flexibility index (Phi) is 4.65. The molecule has 19 heavy (non-hydrogen) atoms. The molecule has 1 aromatic heterocycles. The molecular weight excluding hydrogens is 240 g/mol. The van der Waals surface area contributed by atoms with E-state index in [9.17, 15) is 0 Å². The Labute approximate surface area is 113 Å². The van der Waals surface area contributed by atoms with E-state index in [1.165, 1.54) is 0 Å². The first-order valence-electron chi connectivity index (χ1n) is 6.43. The van der Waals surface area contributed by atoms with Gasteiger partial charge in [0.25, 0.3) is 0 Å². The van der Waals surface area contributed by atoms with Gasteiger partial charge in [-0.3, -0.25) is 4.68 Å². The van der Waals surface area contributed by atoms with Crippen molar-refractivity contribution >= 4 is 0 Å². The van der Waals surface area contributed by atoms with Gasteiger partial charge in [0, 0.05) is 26.3 Å². The molecule has 5 nitrogen and oxygen atoms in total. The number of hydrogen-bond donors (Lipinski definition) is 1. The minimum atomic E-state index is -0.106. The summed E-state index contributed by atoms with van der Waals surface area (Å²) in [7, 11) is 3.58. The summed E-state index contributed by atoms with van der Waals surface area (Å²) in [6.07, 6.45) is 1.76. The lowest BCUT2D eigenvalue weighted by Crippen LogP contribution is -2.16. The van der Waals surface area contributed by atoms with Crippen molar-refractivity contribution in [2.45, 2.75) is 18.9 Å². The smallest absolute Gasteiger partial charge is 0.181 e. The van der Waals surface area contributed by atoms with E-state index in [1.807, 2.05) is 37.4 Å². The lowest BCUT2D eigenvalue weighted by molar-refractivity contribution is 0.190. The molecule has 5 heteroatoms. The van der Waals surface area contributed by atoms with E-state index in [4.69, 9.17) is 10.5 Å². The molecule has 0 spiro atoms. The van der Waals surface area contributed by atoms with Gasteiger partial charge in [0.2, 0.25) is 0 Å². The van der Waals surface area contributed by atoms with E-state index in [0.717, 1.165) is 36.7 Å². The normalized spacial score (nSPS) is 12.6. The van der Waals surface area contributed by atoms with Crippen LogP contribution in [0, 0.1) is 0 Å². The third kappa shape index (κ3) is 3.39. The molecule has 0 aliphatic rings. The van der Waals surface area contributed by atoms with Gasteiger partial charge in [-0.1, -0.05) is 30.3 Å². The van der Waals surface area contributed by atoms with Gasteiger partial charge in [-0.15, -0.1) is 0 Å². The highest BCUT2D eigenvalue weighted by Gasteiger charge is 2.15. The molecule has 0 fully saturated rings. The predicted molar refractivity (Wildman–Crippen MR) is 74.5 cm³/mol. The fourth-order valence-electron chi connectivity index (χ4n) is 2.01. The van der Waals surface area contributed by atoms with Crippen molar-refractivity contribution in [2.75, 3.05) is 13.7 Å². The quantitative estimate of drug-likeness (QED) is 0.806. The van der Waals surface area contributed by atoms with Crippen LogP contribution in [0.5, 0.6) is 0 Å². The van der Waals surface area contributed by atoms with E-state index in [2.05, 4.69) is 10.1 Å². The summed E-state index contributed by atoms with van der Waals surface area (Å²) in [6, 6.07) is 9.81. The molecule has 1 atom stereocenters. The highest BCUT2D eigenvalue weighted by atomic mass is 16.5. The van der Waals surface area contributed by atoms with E-state index in [-0.39, 0.29) is 6.04 Å². The molecule has 0 saturated carbocycles. The molecule has 0 aliphatic heterocycles.